The Kier molecular flexibility index (Phi) is 4.35. The quantitative estimate of drug-likeness (QED) is 0.759. The van der Waals surface area contributed by atoms with Crippen molar-refractivity contribution in [2.24, 2.45) is 7.05 Å². The summed E-state index contributed by atoms with van der Waals surface area (Å²) < 4.78 is 41.8. The monoisotopic (exact) mass is 410 g/mol. The highest BCUT2D eigenvalue weighted by Crippen LogP contribution is 2.23. The first-order valence-corrected chi connectivity index (χ1v) is 8.13. The van der Waals surface area contributed by atoms with Crippen molar-refractivity contribution in [1.82, 2.24) is 4.57 Å². The molecule has 2 N–H and O–H groups in total. The Morgan fingerprint density at radius 2 is 2.10 bits per heavy atom. The first-order chi connectivity index (χ1) is 9.33. The van der Waals surface area contributed by atoms with Crippen LogP contribution in [0.25, 0.3) is 0 Å². The summed E-state index contributed by atoms with van der Waals surface area (Å²) in [5, 5.41) is 9.08. The number of halogens is 2. The van der Waals surface area contributed by atoms with Gasteiger partial charge in [-0.2, -0.15) is 0 Å². The van der Waals surface area contributed by atoms with Crippen LogP contribution in [0.3, 0.4) is 0 Å². The van der Waals surface area contributed by atoms with Crippen LogP contribution in [0.1, 0.15) is 5.69 Å². The molecule has 0 bridgehead atoms. The molecule has 8 heteroatoms. The molecule has 0 saturated heterocycles. The number of anilines is 1. The molecule has 0 aliphatic rings. The number of aliphatic hydroxyl groups excluding tert-OH is 1. The van der Waals surface area contributed by atoms with E-state index >= 15 is 0 Å². The molecule has 0 atom stereocenters. The maximum Gasteiger partial charge on any atom is 0.263 e. The third kappa shape index (κ3) is 3.13. The Hall–Kier alpha value is -1.13. The van der Waals surface area contributed by atoms with E-state index in [0.717, 1.165) is 0 Å². The average molecular weight is 410 g/mol. The highest BCUT2D eigenvalue weighted by atomic mass is 127. The van der Waals surface area contributed by atoms with E-state index in [1.807, 2.05) is 22.6 Å². The van der Waals surface area contributed by atoms with E-state index in [1.165, 1.54) is 35.0 Å². The summed E-state index contributed by atoms with van der Waals surface area (Å²) in [5.74, 6) is -0.431. The van der Waals surface area contributed by atoms with Crippen LogP contribution >= 0.6 is 22.6 Å². The van der Waals surface area contributed by atoms with Gasteiger partial charge < -0.3 is 9.67 Å². The minimum absolute atomic E-state index is 0.0455. The summed E-state index contributed by atoms with van der Waals surface area (Å²) in [6.07, 6.45) is 1.41. The lowest BCUT2D eigenvalue weighted by atomic mass is 10.3. The molecule has 0 aliphatic heterocycles. The molecular formula is C12H12FIN2O3S. The van der Waals surface area contributed by atoms with Gasteiger partial charge in [0.15, 0.2) is 0 Å². The fourth-order valence-corrected chi connectivity index (χ4v) is 3.63. The summed E-state index contributed by atoms with van der Waals surface area (Å²) in [6.45, 7) is -0.250. The maximum atomic E-state index is 13.0. The number of hydrogen-bond donors (Lipinski definition) is 2. The minimum atomic E-state index is -3.77. The van der Waals surface area contributed by atoms with Gasteiger partial charge in [0.05, 0.1) is 12.3 Å². The number of rotatable bonds is 4. The van der Waals surface area contributed by atoms with Gasteiger partial charge in [0, 0.05) is 22.5 Å². The molecule has 0 radical (unpaired) electrons. The lowest BCUT2D eigenvalue weighted by molar-refractivity contribution is 0.272. The number of aromatic nitrogens is 1. The van der Waals surface area contributed by atoms with E-state index in [1.54, 1.807) is 7.05 Å². The molecule has 20 heavy (non-hydrogen) atoms. The van der Waals surface area contributed by atoms with Crippen molar-refractivity contribution in [2.75, 3.05) is 4.72 Å². The molecule has 5 nitrogen and oxygen atoms in total. The number of sulfonamides is 1. The fraction of sp³-hybridized carbons (Fsp3) is 0.167. The second-order valence-corrected chi connectivity index (χ2v) is 7.01. The fourth-order valence-electron chi connectivity index (χ4n) is 1.66. The van der Waals surface area contributed by atoms with E-state index in [0.29, 0.717) is 15.0 Å². The Morgan fingerprint density at radius 3 is 2.65 bits per heavy atom. The van der Waals surface area contributed by atoms with E-state index in [-0.39, 0.29) is 11.5 Å². The van der Waals surface area contributed by atoms with Crippen molar-refractivity contribution in [3.05, 3.63) is 45.5 Å². The number of nitrogens with zero attached hydrogens (tertiary/aromatic N) is 1. The normalized spacial score (nSPS) is 11.6. The van der Waals surface area contributed by atoms with Crippen LogP contribution in [0, 0.1) is 9.39 Å². The molecule has 0 saturated carbocycles. The third-order valence-corrected chi connectivity index (χ3v) is 4.96. The molecule has 2 aromatic rings. The summed E-state index contributed by atoms with van der Waals surface area (Å²) in [6, 6.07) is 5.18. The standard InChI is InChI=1S/C12H12FIN2O3S/c1-16-6-10(5-9(16)7-17)20(18,19)15-12-3-2-8(13)4-11(12)14/h2-6,15,17H,7H2,1H3. The van der Waals surface area contributed by atoms with Crippen LogP contribution in [0.2, 0.25) is 0 Å². The number of benzene rings is 1. The van der Waals surface area contributed by atoms with Crippen LogP contribution in [-0.4, -0.2) is 18.1 Å². The number of aryl methyl sites for hydroxylation is 1. The lowest BCUT2D eigenvalue weighted by Crippen LogP contribution is -2.13. The first-order valence-electron chi connectivity index (χ1n) is 5.57. The van der Waals surface area contributed by atoms with E-state index in [9.17, 15) is 12.8 Å². The summed E-state index contributed by atoms with van der Waals surface area (Å²) >= 11 is 1.85. The molecule has 108 valence electrons. The lowest BCUT2D eigenvalue weighted by Gasteiger charge is -2.08. The van der Waals surface area contributed by atoms with Crippen molar-refractivity contribution in [3.8, 4) is 0 Å². The van der Waals surface area contributed by atoms with Gasteiger partial charge in [-0.25, -0.2) is 12.8 Å². The van der Waals surface area contributed by atoms with Gasteiger partial charge in [0.1, 0.15) is 10.7 Å². The second-order valence-electron chi connectivity index (χ2n) is 4.17. The van der Waals surface area contributed by atoms with Crippen LogP contribution in [0.4, 0.5) is 10.1 Å². The second kappa shape index (κ2) is 5.70. The number of aliphatic hydroxyl groups is 1. The highest BCUT2D eigenvalue weighted by Gasteiger charge is 2.18. The zero-order chi connectivity index (χ0) is 14.9. The summed E-state index contributed by atoms with van der Waals surface area (Å²) in [5.41, 5.74) is 0.792. The molecule has 0 aliphatic carbocycles. The Labute approximate surface area is 129 Å². The zero-order valence-corrected chi connectivity index (χ0v) is 13.4. The first kappa shape index (κ1) is 15.3. The van der Waals surface area contributed by atoms with Gasteiger partial charge in [0.25, 0.3) is 10.0 Å². The molecule has 1 aromatic carbocycles. The van der Waals surface area contributed by atoms with Crippen LogP contribution in [-0.2, 0) is 23.7 Å². The minimum Gasteiger partial charge on any atom is -0.390 e. The maximum absolute atomic E-state index is 13.0. The van der Waals surface area contributed by atoms with Crippen molar-refractivity contribution >= 4 is 38.3 Å². The smallest absolute Gasteiger partial charge is 0.263 e. The number of hydrogen-bond acceptors (Lipinski definition) is 3. The van der Waals surface area contributed by atoms with Gasteiger partial charge in [-0.15, -0.1) is 0 Å². The molecule has 1 aromatic heterocycles. The van der Waals surface area contributed by atoms with Gasteiger partial charge in [-0.05, 0) is 46.9 Å². The largest absolute Gasteiger partial charge is 0.390 e. The molecule has 0 fully saturated rings. The molecule has 2 rings (SSSR count). The van der Waals surface area contributed by atoms with E-state index in [4.69, 9.17) is 5.11 Å². The molecule has 0 unspecified atom stereocenters. The Morgan fingerprint density at radius 1 is 1.40 bits per heavy atom. The van der Waals surface area contributed by atoms with Crippen LogP contribution in [0.15, 0.2) is 35.4 Å². The van der Waals surface area contributed by atoms with Crippen molar-refractivity contribution < 1.29 is 17.9 Å². The summed E-state index contributed by atoms with van der Waals surface area (Å²) in [7, 11) is -2.12. The van der Waals surface area contributed by atoms with Crippen molar-refractivity contribution in [3.63, 3.8) is 0 Å². The van der Waals surface area contributed by atoms with Gasteiger partial charge in [0.2, 0.25) is 0 Å². The van der Waals surface area contributed by atoms with Gasteiger partial charge in [-0.1, -0.05) is 0 Å². The highest BCUT2D eigenvalue weighted by molar-refractivity contribution is 14.1. The van der Waals surface area contributed by atoms with Crippen molar-refractivity contribution in [1.29, 1.82) is 0 Å². The Balaban J connectivity index is 2.35. The van der Waals surface area contributed by atoms with Gasteiger partial charge in [-0.3, -0.25) is 4.72 Å². The van der Waals surface area contributed by atoms with Crippen LogP contribution in [0.5, 0.6) is 0 Å². The third-order valence-electron chi connectivity index (χ3n) is 2.73. The topological polar surface area (TPSA) is 71.3 Å². The van der Waals surface area contributed by atoms with Crippen molar-refractivity contribution in [2.45, 2.75) is 11.5 Å². The predicted molar refractivity (Wildman–Crippen MR) is 81.3 cm³/mol. The number of nitrogens with one attached hydrogen (secondary N) is 1. The molecule has 0 spiro atoms. The van der Waals surface area contributed by atoms with E-state index < -0.39 is 15.8 Å². The van der Waals surface area contributed by atoms with Gasteiger partial charge >= 0.3 is 0 Å². The SMILES string of the molecule is Cn1cc(S(=O)(=O)Nc2ccc(F)cc2I)cc1CO. The summed E-state index contributed by atoms with van der Waals surface area (Å²) in [4.78, 5) is 0.0455. The molecule has 0 amide bonds. The average Bonchev–Trinajstić information content (AvgIpc) is 2.75. The Bertz CT molecular complexity index is 743. The molecular weight excluding hydrogens is 398 g/mol. The van der Waals surface area contributed by atoms with E-state index in [2.05, 4.69) is 4.72 Å². The van der Waals surface area contributed by atoms with Crippen LogP contribution < -0.4 is 4.72 Å². The predicted octanol–water partition coefficient (Wildman–Crippen LogP) is 2.06. The zero-order valence-electron chi connectivity index (χ0n) is 10.5. The molecule has 1 heterocycles.